The molecule has 0 bridgehead atoms. The maximum Gasteiger partial charge on any atom is 0.123 e. The highest BCUT2D eigenvalue weighted by Gasteiger charge is 2.04. The summed E-state index contributed by atoms with van der Waals surface area (Å²) in [5.41, 5.74) is 2.50. The normalized spacial score (nSPS) is 10.7. The molecule has 1 aromatic rings. The standard InChI is InChI=1S/C16H27NO2/c1-4-5-6-10-19-16-8-7-14(2)12-15(16)13-17-9-11-18-3/h7-8,12,17H,4-6,9-11,13H2,1-3H3. The predicted octanol–water partition coefficient (Wildman–Crippen LogP) is 3.30. The molecule has 0 aliphatic heterocycles. The number of methoxy groups -OCH3 is 1. The molecule has 0 radical (unpaired) electrons. The van der Waals surface area contributed by atoms with Crippen LogP contribution in [0.5, 0.6) is 5.75 Å². The zero-order valence-electron chi connectivity index (χ0n) is 12.5. The van der Waals surface area contributed by atoms with Gasteiger partial charge in [0.15, 0.2) is 0 Å². The molecule has 3 nitrogen and oxygen atoms in total. The Bertz CT molecular complexity index is 353. The van der Waals surface area contributed by atoms with Crippen molar-refractivity contribution in [1.82, 2.24) is 5.32 Å². The molecule has 0 spiro atoms. The highest BCUT2D eigenvalue weighted by molar-refractivity contribution is 5.36. The third-order valence-corrected chi connectivity index (χ3v) is 3.02. The van der Waals surface area contributed by atoms with E-state index in [1.54, 1.807) is 7.11 Å². The van der Waals surface area contributed by atoms with Crippen molar-refractivity contribution in [1.29, 1.82) is 0 Å². The van der Waals surface area contributed by atoms with Crippen LogP contribution >= 0.6 is 0 Å². The summed E-state index contributed by atoms with van der Waals surface area (Å²) in [6, 6.07) is 6.37. The van der Waals surface area contributed by atoms with Gasteiger partial charge in [0.2, 0.25) is 0 Å². The topological polar surface area (TPSA) is 30.5 Å². The molecule has 0 aliphatic carbocycles. The zero-order chi connectivity index (χ0) is 13.9. The summed E-state index contributed by atoms with van der Waals surface area (Å²) >= 11 is 0. The quantitative estimate of drug-likeness (QED) is 0.658. The number of aryl methyl sites for hydroxylation is 1. The van der Waals surface area contributed by atoms with Crippen LogP contribution in [0.15, 0.2) is 18.2 Å². The van der Waals surface area contributed by atoms with E-state index >= 15 is 0 Å². The maximum absolute atomic E-state index is 5.88. The highest BCUT2D eigenvalue weighted by Crippen LogP contribution is 2.20. The van der Waals surface area contributed by atoms with Crippen LogP contribution in [0.4, 0.5) is 0 Å². The third-order valence-electron chi connectivity index (χ3n) is 3.02. The molecule has 0 amide bonds. The molecular weight excluding hydrogens is 238 g/mol. The van der Waals surface area contributed by atoms with Crippen LogP contribution in [0.2, 0.25) is 0 Å². The van der Waals surface area contributed by atoms with E-state index in [2.05, 4.69) is 37.4 Å². The van der Waals surface area contributed by atoms with E-state index in [4.69, 9.17) is 9.47 Å². The van der Waals surface area contributed by atoms with Gasteiger partial charge in [0.25, 0.3) is 0 Å². The Morgan fingerprint density at radius 1 is 1.16 bits per heavy atom. The van der Waals surface area contributed by atoms with E-state index in [1.807, 2.05) is 0 Å². The first-order valence-corrected chi connectivity index (χ1v) is 7.20. The molecule has 0 saturated heterocycles. The molecule has 19 heavy (non-hydrogen) atoms. The molecule has 0 aliphatic rings. The van der Waals surface area contributed by atoms with Gasteiger partial charge < -0.3 is 14.8 Å². The molecule has 0 fully saturated rings. The van der Waals surface area contributed by atoms with Gasteiger partial charge in [-0.25, -0.2) is 0 Å². The van der Waals surface area contributed by atoms with Crippen LogP contribution < -0.4 is 10.1 Å². The van der Waals surface area contributed by atoms with Crippen LogP contribution in [0.3, 0.4) is 0 Å². The van der Waals surface area contributed by atoms with Crippen LogP contribution in [-0.4, -0.2) is 26.9 Å². The van der Waals surface area contributed by atoms with Crippen molar-refractivity contribution >= 4 is 0 Å². The van der Waals surface area contributed by atoms with E-state index < -0.39 is 0 Å². The van der Waals surface area contributed by atoms with Gasteiger partial charge in [0, 0.05) is 25.8 Å². The number of hydrogen-bond acceptors (Lipinski definition) is 3. The molecule has 1 N–H and O–H groups in total. The second-order valence-electron chi connectivity index (χ2n) is 4.84. The van der Waals surface area contributed by atoms with Gasteiger partial charge in [-0.3, -0.25) is 0 Å². The zero-order valence-corrected chi connectivity index (χ0v) is 12.5. The molecule has 3 heteroatoms. The lowest BCUT2D eigenvalue weighted by Gasteiger charge is -2.13. The smallest absolute Gasteiger partial charge is 0.123 e. The maximum atomic E-state index is 5.88. The van der Waals surface area contributed by atoms with Crippen molar-refractivity contribution in [2.75, 3.05) is 26.9 Å². The van der Waals surface area contributed by atoms with Crippen molar-refractivity contribution < 1.29 is 9.47 Å². The summed E-state index contributed by atoms with van der Waals surface area (Å²) in [5.74, 6) is 1.01. The van der Waals surface area contributed by atoms with Crippen LogP contribution in [0, 0.1) is 6.92 Å². The fraction of sp³-hybridized carbons (Fsp3) is 0.625. The molecule has 0 saturated carbocycles. The van der Waals surface area contributed by atoms with E-state index in [0.717, 1.165) is 38.5 Å². The molecule has 0 aromatic heterocycles. The lowest BCUT2D eigenvalue weighted by molar-refractivity contribution is 0.199. The summed E-state index contributed by atoms with van der Waals surface area (Å²) in [5, 5.41) is 3.37. The lowest BCUT2D eigenvalue weighted by atomic mass is 10.1. The lowest BCUT2D eigenvalue weighted by Crippen LogP contribution is -2.19. The number of rotatable bonds is 10. The van der Waals surface area contributed by atoms with Gasteiger partial charge in [-0.15, -0.1) is 0 Å². The summed E-state index contributed by atoms with van der Waals surface area (Å²) < 4.78 is 10.9. The Kier molecular flexibility index (Phi) is 8.26. The van der Waals surface area contributed by atoms with E-state index in [-0.39, 0.29) is 0 Å². The van der Waals surface area contributed by atoms with Crippen molar-refractivity contribution in [2.24, 2.45) is 0 Å². The Balaban J connectivity index is 2.48. The monoisotopic (exact) mass is 265 g/mol. The van der Waals surface area contributed by atoms with Gasteiger partial charge in [-0.05, 0) is 19.4 Å². The largest absolute Gasteiger partial charge is 0.493 e. The summed E-state index contributed by atoms with van der Waals surface area (Å²) in [6.45, 7) is 7.55. The molecule has 1 aromatic carbocycles. The van der Waals surface area contributed by atoms with Crippen LogP contribution in [0.1, 0.15) is 37.3 Å². The number of benzene rings is 1. The van der Waals surface area contributed by atoms with Crippen molar-refractivity contribution in [3.63, 3.8) is 0 Å². The van der Waals surface area contributed by atoms with Gasteiger partial charge in [0.1, 0.15) is 5.75 Å². The molecular formula is C16H27NO2. The minimum Gasteiger partial charge on any atom is -0.493 e. The Hall–Kier alpha value is -1.06. The number of nitrogens with one attached hydrogen (secondary N) is 1. The van der Waals surface area contributed by atoms with E-state index in [1.165, 1.54) is 24.0 Å². The number of ether oxygens (including phenoxy) is 2. The SMILES string of the molecule is CCCCCOc1ccc(C)cc1CNCCOC. The Morgan fingerprint density at radius 3 is 2.74 bits per heavy atom. The summed E-state index contributed by atoms with van der Waals surface area (Å²) in [6.07, 6.45) is 3.58. The Labute approximate surface area is 117 Å². The molecule has 0 unspecified atom stereocenters. The van der Waals surface area contributed by atoms with Crippen LogP contribution in [-0.2, 0) is 11.3 Å². The van der Waals surface area contributed by atoms with E-state index in [9.17, 15) is 0 Å². The minimum absolute atomic E-state index is 0.735. The highest BCUT2D eigenvalue weighted by atomic mass is 16.5. The third kappa shape index (κ3) is 6.60. The second-order valence-corrected chi connectivity index (χ2v) is 4.84. The minimum atomic E-state index is 0.735. The first kappa shape index (κ1) is 16.0. The molecule has 1 rings (SSSR count). The number of unbranched alkanes of at least 4 members (excludes halogenated alkanes) is 2. The first-order chi connectivity index (χ1) is 9.27. The average Bonchev–Trinajstić information content (AvgIpc) is 2.41. The predicted molar refractivity (Wildman–Crippen MR) is 79.8 cm³/mol. The summed E-state index contributed by atoms with van der Waals surface area (Å²) in [7, 11) is 1.72. The van der Waals surface area contributed by atoms with Crippen molar-refractivity contribution in [3.8, 4) is 5.75 Å². The van der Waals surface area contributed by atoms with Gasteiger partial charge >= 0.3 is 0 Å². The first-order valence-electron chi connectivity index (χ1n) is 7.20. The van der Waals surface area contributed by atoms with Crippen LogP contribution in [0.25, 0.3) is 0 Å². The summed E-state index contributed by atoms with van der Waals surface area (Å²) in [4.78, 5) is 0. The van der Waals surface area contributed by atoms with Gasteiger partial charge in [-0.1, -0.05) is 37.5 Å². The van der Waals surface area contributed by atoms with Crippen molar-refractivity contribution in [2.45, 2.75) is 39.7 Å². The van der Waals surface area contributed by atoms with E-state index in [0.29, 0.717) is 0 Å². The fourth-order valence-electron chi connectivity index (χ4n) is 1.92. The molecule has 0 heterocycles. The average molecular weight is 265 g/mol. The Morgan fingerprint density at radius 2 is 2.00 bits per heavy atom. The van der Waals surface area contributed by atoms with Crippen molar-refractivity contribution in [3.05, 3.63) is 29.3 Å². The molecule has 0 atom stereocenters. The number of hydrogen-bond donors (Lipinski definition) is 1. The van der Waals surface area contributed by atoms with Gasteiger partial charge in [-0.2, -0.15) is 0 Å². The second kappa shape index (κ2) is 9.82. The van der Waals surface area contributed by atoms with Gasteiger partial charge in [0.05, 0.1) is 13.2 Å². The molecule has 108 valence electrons. The fourth-order valence-corrected chi connectivity index (χ4v) is 1.92.